The summed E-state index contributed by atoms with van der Waals surface area (Å²) < 4.78 is 5.56. The molecule has 0 spiro atoms. The average molecular weight is 224 g/mol. The van der Waals surface area contributed by atoms with Crippen LogP contribution in [0.25, 0.3) is 0 Å². The Bertz CT molecular complexity index is 356. The van der Waals surface area contributed by atoms with Crippen molar-refractivity contribution in [3.8, 4) is 0 Å². The van der Waals surface area contributed by atoms with E-state index in [1.165, 1.54) is 0 Å². The lowest BCUT2D eigenvalue weighted by atomic mass is 9.91. The normalized spacial score (nSPS) is 25.7. The predicted molar refractivity (Wildman–Crippen MR) is 61.5 cm³/mol. The summed E-state index contributed by atoms with van der Waals surface area (Å²) in [6, 6.07) is 1.94. The van der Waals surface area contributed by atoms with E-state index in [0.29, 0.717) is 0 Å². The largest absolute Gasteiger partial charge is 0.377 e. The summed E-state index contributed by atoms with van der Waals surface area (Å²) in [6.07, 6.45) is 1.95. The number of carbonyl (C=O) groups is 1. The van der Waals surface area contributed by atoms with E-state index in [4.69, 9.17) is 4.74 Å². The molecule has 3 heteroatoms. The molecule has 0 aromatic carbocycles. The second-order valence-electron chi connectivity index (χ2n) is 3.97. The Kier molecular flexibility index (Phi) is 3.22. The summed E-state index contributed by atoms with van der Waals surface area (Å²) in [7, 11) is 0. The molecule has 0 saturated carbocycles. The molecule has 2 heterocycles. The summed E-state index contributed by atoms with van der Waals surface area (Å²) in [5.74, 6) is 0.362. The highest BCUT2D eigenvalue weighted by Crippen LogP contribution is 2.29. The Hall–Kier alpha value is -0.670. The van der Waals surface area contributed by atoms with Crippen LogP contribution in [0.15, 0.2) is 11.4 Å². The molecule has 0 bridgehead atoms. The van der Waals surface area contributed by atoms with Crippen LogP contribution in [-0.4, -0.2) is 18.5 Å². The summed E-state index contributed by atoms with van der Waals surface area (Å²) in [6.45, 7) is 4.82. The van der Waals surface area contributed by atoms with E-state index in [0.717, 1.165) is 29.9 Å². The number of hydrogen-bond donors (Lipinski definition) is 0. The quantitative estimate of drug-likeness (QED) is 0.738. The Morgan fingerprint density at radius 3 is 3.07 bits per heavy atom. The first-order valence-corrected chi connectivity index (χ1v) is 6.32. The maximum absolute atomic E-state index is 12.2. The van der Waals surface area contributed by atoms with Gasteiger partial charge in [-0.2, -0.15) is 0 Å². The molecule has 0 aliphatic carbocycles. The molecular formula is C12H16O2S. The van der Waals surface area contributed by atoms with Crippen LogP contribution in [0, 0.1) is 12.8 Å². The lowest BCUT2D eigenvalue weighted by Gasteiger charge is -2.15. The van der Waals surface area contributed by atoms with Crippen molar-refractivity contribution in [1.82, 2.24) is 0 Å². The van der Waals surface area contributed by atoms with E-state index in [-0.39, 0.29) is 17.8 Å². The monoisotopic (exact) mass is 224 g/mol. The first-order valence-electron chi connectivity index (χ1n) is 5.44. The minimum Gasteiger partial charge on any atom is -0.377 e. The van der Waals surface area contributed by atoms with Crippen molar-refractivity contribution in [2.45, 2.75) is 32.8 Å². The maximum Gasteiger partial charge on any atom is 0.169 e. The number of ether oxygens (including phenoxy) is 1. The van der Waals surface area contributed by atoms with Gasteiger partial charge in [-0.15, -0.1) is 11.3 Å². The number of aryl methyl sites for hydroxylation is 1. The SMILES string of the molecule is CCC1OCCC1C(=O)c1ccsc1C. The summed E-state index contributed by atoms with van der Waals surface area (Å²) >= 11 is 1.64. The molecule has 2 rings (SSSR count). The van der Waals surface area contributed by atoms with Crippen molar-refractivity contribution in [3.05, 3.63) is 21.9 Å². The molecule has 0 N–H and O–H groups in total. The fourth-order valence-electron chi connectivity index (χ4n) is 2.19. The summed E-state index contributed by atoms with van der Waals surface area (Å²) in [4.78, 5) is 13.4. The van der Waals surface area contributed by atoms with Crippen molar-refractivity contribution in [2.75, 3.05) is 6.61 Å². The number of rotatable bonds is 3. The van der Waals surface area contributed by atoms with E-state index in [9.17, 15) is 4.79 Å². The standard InChI is InChI=1S/C12H16O2S/c1-3-11-10(4-6-14-11)12(13)9-5-7-15-8(9)2/h5,7,10-11H,3-4,6H2,1-2H3. The van der Waals surface area contributed by atoms with Crippen LogP contribution in [0.1, 0.15) is 35.0 Å². The second kappa shape index (κ2) is 4.45. The Morgan fingerprint density at radius 1 is 1.67 bits per heavy atom. The van der Waals surface area contributed by atoms with Gasteiger partial charge in [-0.05, 0) is 31.2 Å². The molecule has 0 amide bonds. The van der Waals surface area contributed by atoms with Gasteiger partial charge >= 0.3 is 0 Å². The molecule has 2 atom stereocenters. The Labute approximate surface area is 94.3 Å². The molecule has 15 heavy (non-hydrogen) atoms. The zero-order chi connectivity index (χ0) is 10.8. The van der Waals surface area contributed by atoms with Crippen molar-refractivity contribution in [3.63, 3.8) is 0 Å². The first kappa shape index (κ1) is 10.8. The zero-order valence-electron chi connectivity index (χ0n) is 9.16. The van der Waals surface area contributed by atoms with Crippen LogP contribution in [0.3, 0.4) is 0 Å². The summed E-state index contributed by atoms with van der Waals surface area (Å²) in [5, 5.41) is 1.99. The number of thiophene rings is 1. The van der Waals surface area contributed by atoms with E-state index in [1.807, 2.05) is 18.4 Å². The van der Waals surface area contributed by atoms with E-state index in [2.05, 4.69) is 6.92 Å². The van der Waals surface area contributed by atoms with Crippen molar-refractivity contribution >= 4 is 17.1 Å². The Morgan fingerprint density at radius 2 is 2.47 bits per heavy atom. The van der Waals surface area contributed by atoms with Gasteiger partial charge in [0.25, 0.3) is 0 Å². The second-order valence-corrected chi connectivity index (χ2v) is 5.09. The minimum atomic E-state index is 0.0864. The Balaban J connectivity index is 2.18. The third kappa shape index (κ3) is 1.99. The molecule has 2 unspecified atom stereocenters. The number of carbonyl (C=O) groups excluding carboxylic acids is 1. The number of ketones is 1. The van der Waals surface area contributed by atoms with Crippen molar-refractivity contribution < 1.29 is 9.53 Å². The first-order chi connectivity index (χ1) is 7.24. The van der Waals surface area contributed by atoms with E-state index >= 15 is 0 Å². The van der Waals surface area contributed by atoms with Crippen molar-refractivity contribution in [2.24, 2.45) is 5.92 Å². The third-order valence-corrected chi connectivity index (χ3v) is 3.92. The van der Waals surface area contributed by atoms with E-state index < -0.39 is 0 Å². The average Bonchev–Trinajstić information content (AvgIpc) is 2.84. The molecule has 2 nitrogen and oxygen atoms in total. The molecule has 1 fully saturated rings. The highest BCUT2D eigenvalue weighted by Gasteiger charge is 2.33. The topological polar surface area (TPSA) is 26.3 Å². The highest BCUT2D eigenvalue weighted by atomic mass is 32.1. The molecule has 1 aromatic rings. The van der Waals surface area contributed by atoms with Gasteiger partial charge in [-0.25, -0.2) is 0 Å². The van der Waals surface area contributed by atoms with Crippen LogP contribution in [0.4, 0.5) is 0 Å². The zero-order valence-corrected chi connectivity index (χ0v) is 9.97. The lowest BCUT2D eigenvalue weighted by molar-refractivity contribution is 0.0689. The molecule has 1 aliphatic rings. The van der Waals surface area contributed by atoms with Crippen LogP contribution >= 0.6 is 11.3 Å². The van der Waals surface area contributed by atoms with Gasteiger partial charge in [0.2, 0.25) is 0 Å². The molecular weight excluding hydrogens is 208 g/mol. The highest BCUT2D eigenvalue weighted by molar-refractivity contribution is 7.10. The maximum atomic E-state index is 12.2. The van der Waals surface area contributed by atoms with E-state index in [1.54, 1.807) is 11.3 Å². The lowest BCUT2D eigenvalue weighted by Crippen LogP contribution is -2.23. The fraction of sp³-hybridized carbons (Fsp3) is 0.583. The molecule has 82 valence electrons. The molecule has 1 saturated heterocycles. The molecule has 0 radical (unpaired) electrons. The fourth-order valence-corrected chi connectivity index (χ4v) is 2.89. The smallest absolute Gasteiger partial charge is 0.169 e. The number of Topliss-reactive ketones (excluding diaryl/α,β-unsaturated/α-hetero) is 1. The van der Waals surface area contributed by atoms with Gasteiger partial charge in [0.1, 0.15) is 0 Å². The van der Waals surface area contributed by atoms with Crippen LogP contribution < -0.4 is 0 Å². The van der Waals surface area contributed by atoms with Gasteiger partial charge in [-0.1, -0.05) is 6.92 Å². The van der Waals surface area contributed by atoms with Gasteiger partial charge < -0.3 is 4.74 Å². The third-order valence-electron chi connectivity index (χ3n) is 3.07. The predicted octanol–water partition coefficient (Wildman–Crippen LogP) is 3.05. The molecule has 1 aromatic heterocycles. The minimum absolute atomic E-state index is 0.0864. The van der Waals surface area contributed by atoms with Crippen LogP contribution in [0.2, 0.25) is 0 Å². The van der Waals surface area contributed by atoms with Crippen LogP contribution in [-0.2, 0) is 4.74 Å². The summed E-state index contributed by atoms with van der Waals surface area (Å²) in [5.41, 5.74) is 0.897. The van der Waals surface area contributed by atoms with Gasteiger partial charge in [-0.3, -0.25) is 4.79 Å². The van der Waals surface area contributed by atoms with Crippen LogP contribution in [0.5, 0.6) is 0 Å². The van der Waals surface area contributed by atoms with Gasteiger partial charge in [0, 0.05) is 17.0 Å². The van der Waals surface area contributed by atoms with Crippen molar-refractivity contribution in [1.29, 1.82) is 0 Å². The molecule has 1 aliphatic heterocycles. The number of hydrogen-bond acceptors (Lipinski definition) is 3. The van der Waals surface area contributed by atoms with Gasteiger partial charge in [0.05, 0.1) is 12.0 Å². The van der Waals surface area contributed by atoms with Gasteiger partial charge in [0.15, 0.2) is 5.78 Å².